The first-order valence-corrected chi connectivity index (χ1v) is 8.48. The van der Waals surface area contributed by atoms with Crippen molar-refractivity contribution in [3.63, 3.8) is 0 Å². The van der Waals surface area contributed by atoms with Crippen LogP contribution in [0.2, 0.25) is 0 Å². The lowest BCUT2D eigenvalue weighted by Gasteiger charge is -2.21. The summed E-state index contributed by atoms with van der Waals surface area (Å²) in [6.45, 7) is 7.21. The Labute approximate surface area is 148 Å². The Kier molecular flexibility index (Phi) is 6.53. The van der Waals surface area contributed by atoms with E-state index >= 15 is 0 Å². The van der Waals surface area contributed by atoms with Crippen LogP contribution in [0.5, 0.6) is 0 Å². The van der Waals surface area contributed by atoms with Crippen LogP contribution in [0, 0.1) is 12.5 Å². The largest absolute Gasteiger partial charge is 0.391 e. The van der Waals surface area contributed by atoms with E-state index in [1.807, 2.05) is 44.2 Å². The molecule has 0 aromatic heterocycles. The average molecular weight is 341 g/mol. The number of hydrogen-bond acceptors (Lipinski definition) is 3. The molecule has 0 bridgehead atoms. The number of aliphatic hydroxyl groups is 1. The average Bonchev–Trinajstić information content (AvgIpc) is 2.58. The Bertz CT molecular complexity index is 741. The first-order valence-electron chi connectivity index (χ1n) is 8.48. The highest BCUT2D eigenvalue weighted by Crippen LogP contribution is 2.15. The van der Waals surface area contributed by atoms with Crippen LogP contribution < -0.4 is 10.6 Å². The number of rotatable bonds is 7. The fourth-order valence-electron chi connectivity index (χ4n) is 2.45. The minimum Gasteiger partial charge on any atom is -0.391 e. The molecule has 0 aliphatic rings. The summed E-state index contributed by atoms with van der Waals surface area (Å²) in [7, 11) is 0. The summed E-state index contributed by atoms with van der Waals surface area (Å²) in [5, 5.41) is 17.1. The van der Waals surface area contributed by atoms with Crippen molar-refractivity contribution in [2.75, 3.05) is 0 Å². The van der Waals surface area contributed by atoms with E-state index < -0.39 is 24.0 Å². The zero-order valence-corrected chi connectivity index (χ0v) is 14.8. The molecule has 5 heteroatoms. The summed E-state index contributed by atoms with van der Waals surface area (Å²) < 4.78 is 0. The molecule has 133 valence electrons. The quantitative estimate of drug-likeness (QED) is 0.724. The molecule has 0 fully saturated rings. The number of amides is 2. The van der Waals surface area contributed by atoms with Gasteiger partial charge in [-0.25, -0.2) is 0 Å². The van der Waals surface area contributed by atoms with Crippen LogP contribution in [0.1, 0.15) is 37.6 Å². The maximum atomic E-state index is 12.5. The molecule has 25 heavy (non-hydrogen) atoms. The van der Waals surface area contributed by atoms with Crippen LogP contribution >= 0.6 is 0 Å². The summed E-state index contributed by atoms with van der Waals surface area (Å²) in [5.41, 5.74) is 0.448. The minimum atomic E-state index is -1.01. The molecule has 0 saturated carbocycles. The summed E-state index contributed by atoms with van der Waals surface area (Å²) >= 11 is 0. The molecule has 1 radical (unpaired) electrons. The maximum Gasteiger partial charge on any atom is 0.252 e. The van der Waals surface area contributed by atoms with E-state index in [1.54, 1.807) is 18.7 Å². The lowest BCUT2D eigenvalue weighted by atomic mass is 10.1. The summed E-state index contributed by atoms with van der Waals surface area (Å²) in [5.74, 6) is -0.405. The second-order valence-corrected chi connectivity index (χ2v) is 6.60. The van der Waals surface area contributed by atoms with Crippen molar-refractivity contribution < 1.29 is 14.7 Å². The summed E-state index contributed by atoms with van der Waals surface area (Å²) in [6.07, 6.45) is -0.284. The zero-order chi connectivity index (χ0) is 18.4. The van der Waals surface area contributed by atoms with Gasteiger partial charge in [0, 0.05) is 12.1 Å². The summed E-state index contributed by atoms with van der Waals surface area (Å²) in [6, 6.07) is 12.1. The van der Waals surface area contributed by atoms with Gasteiger partial charge in [0.2, 0.25) is 5.91 Å². The monoisotopic (exact) mass is 341 g/mol. The fraction of sp³-hybridized carbons (Fsp3) is 0.350. The molecule has 2 rings (SSSR count). The Morgan fingerprint density at radius 2 is 1.76 bits per heavy atom. The Morgan fingerprint density at radius 3 is 2.40 bits per heavy atom. The predicted octanol–water partition coefficient (Wildman–Crippen LogP) is 2.64. The third-order valence-electron chi connectivity index (χ3n) is 3.90. The number of aliphatic hydroxyl groups excluding tert-OH is 1. The van der Waals surface area contributed by atoms with E-state index in [0.717, 1.165) is 17.2 Å². The molecule has 3 N–H and O–H groups in total. The van der Waals surface area contributed by atoms with Crippen LogP contribution in [0.4, 0.5) is 0 Å². The van der Waals surface area contributed by atoms with E-state index in [9.17, 15) is 14.7 Å². The van der Waals surface area contributed by atoms with Crippen molar-refractivity contribution >= 4 is 22.6 Å². The third-order valence-corrected chi connectivity index (χ3v) is 3.90. The molecular formula is C20H25N2O3. The van der Waals surface area contributed by atoms with Crippen LogP contribution in [-0.2, 0) is 4.79 Å². The van der Waals surface area contributed by atoms with Gasteiger partial charge >= 0.3 is 0 Å². The molecular weight excluding hydrogens is 316 g/mol. The highest BCUT2D eigenvalue weighted by Gasteiger charge is 2.26. The van der Waals surface area contributed by atoms with E-state index in [4.69, 9.17) is 0 Å². The highest BCUT2D eigenvalue weighted by molar-refractivity contribution is 6.00. The van der Waals surface area contributed by atoms with Gasteiger partial charge in [0.05, 0.1) is 6.10 Å². The van der Waals surface area contributed by atoms with Crippen LogP contribution in [0.25, 0.3) is 10.8 Å². The highest BCUT2D eigenvalue weighted by atomic mass is 16.3. The fourth-order valence-corrected chi connectivity index (χ4v) is 2.45. The lowest BCUT2D eigenvalue weighted by Crippen LogP contribution is -2.52. The molecule has 2 amide bonds. The van der Waals surface area contributed by atoms with Crippen molar-refractivity contribution in [3.8, 4) is 0 Å². The second kappa shape index (κ2) is 8.62. The van der Waals surface area contributed by atoms with Gasteiger partial charge in [0.1, 0.15) is 6.04 Å². The third kappa shape index (κ3) is 5.29. The molecule has 5 nitrogen and oxygen atoms in total. The topological polar surface area (TPSA) is 78.4 Å². The molecule has 0 aliphatic carbocycles. The standard InChI is InChI=1S/C20H25N2O3/c1-13(2)10-11-21-20(25)18(14(3)23)22-19(24)17-9-8-15-6-4-5-7-16(15)12-17/h4-9,11-14,18,23H,10H2,1-3H3,(H,21,25)(H,22,24)/t14-,18+/m1/s1. The van der Waals surface area contributed by atoms with Gasteiger partial charge in [-0.2, -0.15) is 0 Å². The Hall–Kier alpha value is -2.40. The number of benzene rings is 2. The smallest absolute Gasteiger partial charge is 0.252 e. The molecule has 0 saturated heterocycles. The molecule has 0 unspecified atom stereocenters. The second-order valence-electron chi connectivity index (χ2n) is 6.60. The number of hydrogen-bond donors (Lipinski definition) is 3. The normalized spacial score (nSPS) is 13.5. The van der Waals surface area contributed by atoms with Gasteiger partial charge in [-0.05, 0) is 42.2 Å². The van der Waals surface area contributed by atoms with Gasteiger partial charge in [-0.3, -0.25) is 9.59 Å². The van der Waals surface area contributed by atoms with E-state index in [2.05, 4.69) is 10.6 Å². The van der Waals surface area contributed by atoms with E-state index in [1.165, 1.54) is 6.92 Å². The molecule has 0 heterocycles. The number of carbonyl (C=O) groups is 2. The summed E-state index contributed by atoms with van der Waals surface area (Å²) in [4.78, 5) is 24.7. The lowest BCUT2D eigenvalue weighted by molar-refractivity contribution is -0.124. The van der Waals surface area contributed by atoms with Gasteiger partial charge in [0.15, 0.2) is 0 Å². The predicted molar refractivity (Wildman–Crippen MR) is 98.8 cm³/mol. The van der Waals surface area contributed by atoms with Crippen molar-refractivity contribution in [3.05, 3.63) is 54.6 Å². The first kappa shape index (κ1) is 18.9. The van der Waals surface area contributed by atoms with Gasteiger partial charge in [-0.1, -0.05) is 44.2 Å². The van der Waals surface area contributed by atoms with Crippen LogP contribution in [-0.4, -0.2) is 29.1 Å². The maximum absolute atomic E-state index is 12.5. The zero-order valence-electron chi connectivity index (χ0n) is 14.8. The van der Waals surface area contributed by atoms with E-state index in [-0.39, 0.29) is 0 Å². The molecule has 2 aromatic rings. The van der Waals surface area contributed by atoms with Crippen molar-refractivity contribution in [1.29, 1.82) is 0 Å². The number of nitrogens with one attached hydrogen (secondary N) is 2. The molecule has 2 aromatic carbocycles. The van der Waals surface area contributed by atoms with Crippen molar-refractivity contribution in [1.82, 2.24) is 10.6 Å². The SMILES string of the molecule is CC(C)C[CH]NC(=O)[C@@H](NC(=O)c1ccc2ccccc2c1)[C@@H](C)O. The number of fused-ring (bicyclic) bond motifs is 1. The van der Waals surface area contributed by atoms with Gasteiger partial charge in [-0.15, -0.1) is 0 Å². The molecule has 0 aliphatic heterocycles. The Balaban J connectivity index is 2.06. The van der Waals surface area contributed by atoms with Gasteiger partial charge < -0.3 is 15.7 Å². The van der Waals surface area contributed by atoms with Crippen LogP contribution in [0.15, 0.2) is 42.5 Å². The van der Waals surface area contributed by atoms with Crippen LogP contribution in [0.3, 0.4) is 0 Å². The number of carbonyl (C=O) groups excluding carboxylic acids is 2. The molecule has 0 spiro atoms. The molecule has 2 atom stereocenters. The van der Waals surface area contributed by atoms with Gasteiger partial charge in [0.25, 0.3) is 5.91 Å². The Morgan fingerprint density at radius 1 is 1.08 bits per heavy atom. The minimum absolute atomic E-state index is 0.393. The van der Waals surface area contributed by atoms with Crippen molar-refractivity contribution in [2.45, 2.75) is 39.3 Å². The van der Waals surface area contributed by atoms with Crippen molar-refractivity contribution in [2.24, 2.45) is 5.92 Å². The first-order chi connectivity index (χ1) is 11.9. The van der Waals surface area contributed by atoms with E-state index in [0.29, 0.717) is 11.5 Å².